The molecule has 2 saturated heterocycles. The number of carbonyl (C=O) groups excluding carboxylic acids is 2. The van der Waals surface area contributed by atoms with E-state index in [0.29, 0.717) is 24.5 Å². The highest BCUT2D eigenvalue weighted by Gasteiger charge is 2.66. The molecule has 1 aromatic rings. The number of nitrogens with zero attached hydrogens (tertiary/aromatic N) is 1. The van der Waals surface area contributed by atoms with Crippen molar-refractivity contribution in [3.63, 3.8) is 0 Å². The van der Waals surface area contributed by atoms with Gasteiger partial charge >= 0.3 is 0 Å². The minimum Gasteiger partial charge on any atom is -0.396 e. The molecular weight excluding hydrogens is 344 g/mol. The van der Waals surface area contributed by atoms with Gasteiger partial charge in [0.15, 0.2) is 0 Å². The van der Waals surface area contributed by atoms with Gasteiger partial charge in [-0.05, 0) is 30.7 Å². The molecule has 0 radical (unpaired) electrons. The zero-order chi connectivity index (χ0) is 17.6. The van der Waals surface area contributed by atoms with Crippen molar-refractivity contribution in [2.24, 2.45) is 11.8 Å². The standard InChI is InChI=1S/C18H19ClN2O4/c19-11-2-4-12(5-3-11)21-10-18-7-6-13(25-18)14(15(18)17(21)24)16(23)20-8-1-9-22/h2-7,13-15,22H,1,8-10H2,(H,20,23)/t13-,14-,15+,18-/m1/s1. The van der Waals surface area contributed by atoms with Gasteiger partial charge in [0.05, 0.1) is 24.5 Å². The third-order valence-corrected chi connectivity index (χ3v) is 5.43. The Morgan fingerprint density at radius 3 is 2.88 bits per heavy atom. The normalized spacial score (nSPS) is 32.3. The van der Waals surface area contributed by atoms with E-state index in [1.165, 1.54) is 0 Å². The van der Waals surface area contributed by atoms with Crippen LogP contribution in [0.5, 0.6) is 0 Å². The van der Waals surface area contributed by atoms with Crippen LogP contribution >= 0.6 is 11.6 Å². The van der Waals surface area contributed by atoms with E-state index in [-0.39, 0.29) is 24.5 Å². The van der Waals surface area contributed by atoms with Crippen LogP contribution in [0.15, 0.2) is 36.4 Å². The molecule has 2 fully saturated rings. The quantitative estimate of drug-likeness (QED) is 0.608. The molecule has 2 bridgehead atoms. The van der Waals surface area contributed by atoms with Gasteiger partial charge in [-0.25, -0.2) is 0 Å². The van der Waals surface area contributed by atoms with Gasteiger partial charge in [0.2, 0.25) is 11.8 Å². The number of halogens is 1. The van der Waals surface area contributed by atoms with E-state index in [0.717, 1.165) is 5.69 Å². The Balaban J connectivity index is 1.59. The first kappa shape index (κ1) is 16.6. The summed E-state index contributed by atoms with van der Waals surface area (Å²) in [5.74, 6) is -1.35. The van der Waals surface area contributed by atoms with E-state index in [9.17, 15) is 9.59 Å². The summed E-state index contributed by atoms with van der Waals surface area (Å²) in [6.07, 6.45) is 3.93. The topological polar surface area (TPSA) is 78.9 Å². The second kappa shape index (κ2) is 6.12. The molecule has 0 aliphatic carbocycles. The molecule has 0 aromatic heterocycles. The maximum atomic E-state index is 13.1. The molecule has 3 aliphatic heterocycles. The van der Waals surface area contributed by atoms with E-state index in [1.807, 2.05) is 12.2 Å². The fourth-order valence-electron chi connectivity index (χ4n) is 4.05. The van der Waals surface area contributed by atoms with E-state index < -0.39 is 17.4 Å². The number of aliphatic hydroxyl groups excluding tert-OH is 1. The van der Waals surface area contributed by atoms with Crippen LogP contribution in [0.25, 0.3) is 0 Å². The molecule has 6 nitrogen and oxygen atoms in total. The van der Waals surface area contributed by atoms with Crippen molar-refractivity contribution in [3.8, 4) is 0 Å². The number of rotatable bonds is 5. The lowest BCUT2D eigenvalue weighted by atomic mass is 9.77. The van der Waals surface area contributed by atoms with Gasteiger partial charge in [-0.3, -0.25) is 9.59 Å². The molecular formula is C18H19ClN2O4. The summed E-state index contributed by atoms with van der Waals surface area (Å²) < 4.78 is 6.06. The predicted molar refractivity (Wildman–Crippen MR) is 92.2 cm³/mol. The van der Waals surface area contributed by atoms with Crippen LogP contribution < -0.4 is 10.2 Å². The molecule has 4 rings (SSSR count). The average Bonchev–Trinajstić information content (AvgIpc) is 3.24. The van der Waals surface area contributed by atoms with Gasteiger partial charge in [-0.15, -0.1) is 0 Å². The summed E-state index contributed by atoms with van der Waals surface area (Å²) in [6, 6.07) is 7.07. The molecule has 4 atom stereocenters. The number of hydrogen-bond donors (Lipinski definition) is 2. The van der Waals surface area contributed by atoms with Crippen molar-refractivity contribution in [3.05, 3.63) is 41.4 Å². The highest BCUT2D eigenvalue weighted by Crippen LogP contribution is 2.52. The minimum atomic E-state index is -0.736. The molecule has 3 heterocycles. The van der Waals surface area contributed by atoms with Crippen LogP contribution in [0.1, 0.15) is 6.42 Å². The lowest BCUT2D eigenvalue weighted by Gasteiger charge is -2.23. The van der Waals surface area contributed by atoms with Crippen molar-refractivity contribution >= 4 is 29.1 Å². The van der Waals surface area contributed by atoms with Crippen LogP contribution in [-0.4, -0.2) is 48.3 Å². The van der Waals surface area contributed by atoms with Crippen LogP contribution in [0.2, 0.25) is 5.02 Å². The molecule has 0 saturated carbocycles. The molecule has 7 heteroatoms. The largest absolute Gasteiger partial charge is 0.396 e. The highest BCUT2D eigenvalue weighted by atomic mass is 35.5. The third-order valence-electron chi connectivity index (χ3n) is 5.18. The Labute approximate surface area is 150 Å². The maximum absolute atomic E-state index is 13.1. The summed E-state index contributed by atoms with van der Waals surface area (Å²) in [6.45, 7) is 0.796. The molecule has 0 unspecified atom stereocenters. The first-order chi connectivity index (χ1) is 12.1. The third kappa shape index (κ3) is 2.56. The number of amides is 2. The summed E-state index contributed by atoms with van der Waals surface area (Å²) in [4.78, 5) is 27.3. The van der Waals surface area contributed by atoms with E-state index >= 15 is 0 Å². The second-order valence-electron chi connectivity index (χ2n) is 6.67. The van der Waals surface area contributed by atoms with Gasteiger partial charge in [0.25, 0.3) is 0 Å². The lowest BCUT2D eigenvalue weighted by Crippen LogP contribution is -2.44. The average molecular weight is 363 g/mol. The van der Waals surface area contributed by atoms with Gasteiger partial charge in [0.1, 0.15) is 5.60 Å². The zero-order valence-corrected chi connectivity index (χ0v) is 14.3. The van der Waals surface area contributed by atoms with Crippen molar-refractivity contribution in [1.29, 1.82) is 0 Å². The number of anilines is 1. The van der Waals surface area contributed by atoms with E-state index in [2.05, 4.69) is 5.32 Å². The van der Waals surface area contributed by atoms with Crippen molar-refractivity contribution in [2.75, 3.05) is 24.6 Å². The molecule has 1 spiro atoms. The fraction of sp³-hybridized carbons (Fsp3) is 0.444. The number of carbonyl (C=O) groups is 2. The predicted octanol–water partition coefficient (Wildman–Crippen LogP) is 1.12. The van der Waals surface area contributed by atoms with Crippen LogP contribution in [0, 0.1) is 11.8 Å². The number of nitrogens with one attached hydrogen (secondary N) is 1. The van der Waals surface area contributed by atoms with Crippen LogP contribution in [0.4, 0.5) is 5.69 Å². The fourth-order valence-corrected chi connectivity index (χ4v) is 4.17. The van der Waals surface area contributed by atoms with Crippen LogP contribution in [0.3, 0.4) is 0 Å². The molecule has 132 valence electrons. The van der Waals surface area contributed by atoms with Gasteiger partial charge in [-0.1, -0.05) is 23.8 Å². The summed E-state index contributed by atoms with van der Waals surface area (Å²) >= 11 is 5.93. The Morgan fingerprint density at radius 2 is 2.16 bits per heavy atom. The number of hydrogen-bond acceptors (Lipinski definition) is 4. The van der Waals surface area contributed by atoms with Crippen molar-refractivity contribution in [2.45, 2.75) is 18.1 Å². The molecule has 25 heavy (non-hydrogen) atoms. The number of aliphatic hydroxyl groups is 1. The minimum absolute atomic E-state index is 0.0153. The maximum Gasteiger partial charge on any atom is 0.234 e. The van der Waals surface area contributed by atoms with Gasteiger partial charge in [-0.2, -0.15) is 0 Å². The molecule has 1 aromatic carbocycles. The first-order valence-electron chi connectivity index (χ1n) is 8.38. The number of benzene rings is 1. The summed E-state index contributed by atoms with van der Waals surface area (Å²) in [7, 11) is 0. The second-order valence-corrected chi connectivity index (χ2v) is 7.11. The highest BCUT2D eigenvalue weighted by molar-refractivity contribution is 6.30. The Kier molecular flexibility index (Phi) is 4.06. The Hall–Kier alpha value is -1.89. The van der Waals surface area contributed by atoms with Gasteiger partial charge in [0, 0.05) is 23.9 Å². The molecule has 3 aliphatic rings. The van der Waals surface area contributed by atoms with Crippen LogP contribution in [-0.2, 0) is 14.3 Å². The Morgan fingerprint density at radius 1 is 1.40 bits per heavy atom. The smallest absolute Gasteiger partial charge is 0.234 e. The van der Waals surface area contributed by atoms with Gasteiger partial charge < -0.3 is 20.1 Å². The van der Waals surface area contributed by atoms with Crippen molar-refractivity contribution in [1.82, 2.24) is 5.32 Å². The van der Waals surface area contributed by atoms with Crippen molar-refractivity contribution < 1.29 is 19.4 Å². The molecule has 2 amide bonds. The lowest BCUT2D eigenvalue weighted by molar-refractivity contribution is -0.131. The summed E-state index contributed by atoms with van der Waals surface area (Å²) in [5.41, 5.74) is 0.0125. The van der Waals surface area contributed by atoms with E-state index in [4.69, 9.17) is 21.4 Å². The SMILES string of the molecule is O=C(NCCCO)[C@H]1[C@H]2C(=O)N(c3ccc(Cl)cc3)C[C@]23C=C[C@H]1O3. The molecule has 2 N–H and O–H groups in total. The Bertz CT molecular complexity index is 735. The number of fused-ring (bicyclic) bond motifs is 1. The number of ether oxygens (including phenoxy) is 1. The monoisotopic (exact) mass is 362 g/mol. The van der Waals surface area contributed by atoms with E-state index in [1.54, 1.807) is 29.2 Å². The zero-order valence-electron chi connectivity index (χ0n) is 13.5. The summed E-state index contributed by atoms with van der Waals surface area (Å²) in [5, 5.41) is 12.3. The first-order valence-corrected chi connectivity index (χ1v) is 8.76.